The van der Waals surface area contributed by atoms with Crippen molar-refractivity contribution in [3.05, 3.63) is 29.8 Å². The van der Waals surface area contributed by atoms with E-state index in [0.717, 1.165) is 38.2 Å². The lowest BCUT2D eigenvalue weighted by Gasteiger charge is -2.28. The van der Waals surface area contributed by atoms with E-state index in [0.29, 0.717) is 13.2 Å². The van der Waals surface area contributed by atoms with Crippen molar-refractivity contribution in [2.24, 2.45) is 0 Å². The Morgan fingerprint density at radius 1 is 1.19 bits per heavy atom. The molecular weight excluding hydrogens is 264 g/mol. The summed E-state index contributed by atoms with van der Waals surface area (Å²) in [4.78, 5) is 16.1. The summed E-state index contributed by atoms with van der Waals surface area (Å²) in [7, 11) is 1.97. The number of ether oxygens (including phenoxy) is 1. The zero-order valence-electron chi connectivity index (χ0n) is 13.2. The first-order chi connectivity index (χ1) is 10.1. The lowest BCUT2D eigenvalue weighted by Crippen LogP contribution is -2.42. The van der Waals surface area contributed by atoms with E-state index in [9.17, 15) is 4.79 Å². The van der Waals surface area contributed by atoms with Crippen molar-refractivity contribution >= 4 is 5.91 Å². The molecule has 0 aliphatic carbocycles. The van der Waals surface area contributed by atoms with E-state index in [1.807, 2.05) is 41.1 Å². The van der Waals surface area contributed by atoms with Crippen LogP contribution in [0.2, 0.25) is 0 Å². The number of likely N-dealkylation sites (tertiary alicyclic amines) is 1. The maximum absolute atomic E-state index is 12.1. The highest BCUT2D eigenvalue weighted by molar-refractivity contribution is 5.78. The van der Waals surface area contributed by atoms with Crippen LogP contribution >= 0.6 is 0 Å². The van der Waals surface area contributed by atoms with Crippen LogP contribution in [0.3, 0.4) is 0 Å². The molecule has 0 spiro atoms. The summed E-state index contributed by atoms with van der Waals surface area (Å²) in [6.45, 7) is 5.75. The molecule has 0 N–H and O–H groups in total. The highest BCUT2D eigenvalue weighted by Gasteiger charge is 2.17. The van der Waals surface area contributed by atoms with Gasteiger partial charge in [-0.25, -0.2) is 0 Å². The van der Waals surface area contributed by atoms with Gasteiger partial charge in [-0.05, 0) is 45.4 Å². The minimum Gasteiger partial charge on any atom is -0.492 e. The Balaban J connectivity index is 1.65. The van der Waals surface area contributed by atoms with Gasteiger partial charge in [0.15, 0.2) is 0 Å². The Labute approximate surface area is 127 Å². The predicted octanol–water partition coefficient (Wildman–Crippen LogP) is 2.32. The number of likely N-dealkylation sites (N-methyl/N-ethyl adjacent to an activating group) is 1. The van der Waals surface area contributed by atoms with E-state index in [2.05, 4.69) is 6.92 Å². The highest BCUT2D eigenvalue weighted by atomic mass is 16.5. The fraction of sp³-hybridized carbons (Fsp3) is 0.588. The van der Waals surface area contributed by atoms with Crippen molar-refractivity contribution in [2.75, 3.05) is 39.8 Å². The molecule has 1 heterocycles. The Morgan fingerprint density at radius 2 is 1.86 bits per heavy atom. The third kappa shape index (κ3) is 5.38. The predicted molar refractivity (Wildman–Crippen MR) is 84.6 cm³/mol. The number of carbonyl (C=O) groups is 1. The third-order valence-electron chi connectivity index (χ3n) is 3.88. The number of piperidine rings is 1. The SMILES string of the molecule is Cc1ccc(OCCN(C)CC(=O)N2CCCCC2)cc1. The molecule has 0 radical (unpaired) electrons. The van der Waals surface area contributed by atoms with Gasteiger partial charge in [0.2, 0.25) is 5.91 Å². The van der Waals surface area contributed by atoms with Gasteiger partial charge in [0.05, 0.1) is 6.54 Å². The normalized spacial score (nSPS) is 15.3. The monoisotopic (exact) mass is 290 g/mol. The summed E-state index contributed by atoms with van der Waals surface area (Å²) in [5, 5.41) is 0. The molecule has 1 fully saturated rings. The van der Waals surface area contributed by atoms with Gasteiger partial charge in [0, 0.05) is 19.6 Å². The Morgan fingerprint density at radius 3 is 2.52 bits per heavy atom. The maximum Gasteiger partial charge on any atom is 0.236 e. The summed E-state index contributed by atoms with van der Waals surface area (Å²) >= 11 is 0. The van der Waals surface area contributed by atoms with E-state index >= 15 is 0 Å². The fourth-order valence-corrected chi connectivity index (χ4v) is 2.51. The number of rotatable bonds is 6. The molecular formula is C17H26N2O2. The van der Waals surface area contributed by atoms with Gasteiger partial charge >= 0.3 is 0 Å². The van der Waals surface area contributed by atoms with Crippen LogP contribution in [0, 0.1) is 6.92 Å². The van der Waals surface area contributed by atoms with Crippen LogP contribution in [0.15, 0.2) is 24.3 Å². The summed E-state index contributed by atoms with van der Waals surface area (Å²) < 4.78 is 5.69. The Hall–Kier alpha value is -1.55. The van der Waals surface area contributed by atoms with E-state index < -0.39 is 0 Å². The summed E-state index contributed by atoms with van der Waals surface area (Å²) in [6.07, 6.45) is 3.54. The van der Waals surface area contributed by atoms with E-state index in [1.165, 1.54) is 12.0 Å². The molecule has 1 aliphatic heterocycles. The first-order valence-corrected chi connectivity index (χ1v) is 7.81. The second kappa shape index (κ2) is 8.03. The van der Waals surface area contributed by atoms with Gasteiger partial charge < -0.3 is 9.64 Å². The van der Waals surface area contributed by atoms with Gasteiger partial charge in [0.25, 0.3) is 0 Å². The summed E-state index contributed by atoms with van der Waals surface area (Å²) in [5.74, 6) is 1.13. The van der Waals surface area contributed by atoms with Crippen LogP contribution < -0.4 is 4.74 Å². The van der Waals surface area contributed by atoms with E-state index in [4.69, 9.17) is 4.74 Å². The fourth-order valence-electron chi connectivity index (χ4n) is 2.51. The van der Waals surface area contributed by atoms with Crippen molar-refractivity contribution in [1.29, 1.82) is 0 Å². The largest absolute Gasteiger partial charge is 0.492 e. The first kappa shape index (κ1) is 15.8. The molecule has 0 atom stereocenters. The number of benzene rings is 1. The number of amides is 1. The second-order valence-electron chi connectivity index (χ2n) is 5.84. The van der Waals surface area contributed by atoms with Crippen LogP contribution in [0.4, 0.5) is 0 Å². The number of aryl methyl sites for hydroxylation is 1. The average Bonchev–Trinajstić information content (AvgIpc) is 2.50. The zero-order valence-corrected chi connectivity index (χ0v) is 13.2. The number of hydrogen-bond donors (Lipinski definition) is 0. The minimum atomic E-state index is 0.243. The molecule has 0 bridgehead atoms. The smallest absolute Gasteiger partial charge is 0.236 e. The number of hydrogen-bond acceptors (Lipinski definition) is 3. The molecule has 1 aliphatic rings. The van der Waals surface area contributed by atoms with E-state index in [-0.39, 0.29) is 5.91 Å². The van der Waals surface area contributed by atoms with Gasteiger partial charge in [-0.2, -0.15) is 0 Å². The van der Waals surface area contributed by atoms with Crippen molar-refractivity contribution in [2.45, 2.75) is 26.2 Å². The lowest BCUT2D eigenvalue weighted by molar-refractivity contribution is -0.133. The quantitative estimate of drug-likeness (QED) is 0.806. The van der Waals surface area contributed by atoms with Gasteiger partial charge in [-0.3, -0.25) is 9.69 Å². The molecule has 1 saturated heterocycles. The molecule has 4 nitrogen and oxygen atoms in total. The second-order valence-corrected chi connectivity index (χ2v) is 5.84. The molecule has 0 unspecified atom stereocenters. The first-order valence-electron chi connectivity index (χ1n) is 7.81. The van der Waals surface area contributed by atoms with E-state index in [1.54, 1.807) is 0 Å². The Kier molecular flexibility index (Phi) is 6.05. The number of carbonyl (C=O) groups excluding carboxylic acids is 1. The van der Waals surface area contributed by atoms with Crippen molar-refractivity contribution in [3.63, 3.8) is 0 Å². The molecule has 1 aromatic rings. The zero-order chi connectivity index (χ0) is 15.1. The summed E-state index contributed by atoms with van der Waals surface area (Å²) in [6, 6.07) is 8.04. The standard InChI is InChI=1S/C17H26N2O2/c1-15-6-8-16(9-7-15)21-13-12-18(2)14-17(20)19-10-4-3-5-11-19/h6-9H,3-5,10-14H2,1-2H3. The molecule has 0 saturated carbocycles. The molecule has 2 rings (SSSR count). The molecule has 0 aromatic heterocycles. The Bertz CT molecular complexity index is 439. The topological polar surface area (TPSA) is 32.8 Å². The van der Waals surface area contributed by atoms with Gasteiger partial charge in [-0.15, -0.1) is 0 Å². The van der Waals surface area contributed by atoms with Crippen LogP contribution in [-0.4, -0.2) is 55.5 Å². The molecule has 4 heteroatoms. The van der Waals surface area contributed by atoms with Crippen LogP contribution in [0.1, 0.15) is 24.8 Å². The lowest BCUT2D eigenvalue weighted by atomic mass is 10.1. The summed E-state index contributed by atoms with van der Waals surface area (Å²) in [5.41, 5.74) is 1.23. The van der Waals surface area contributed by atoms with Crippen molar-refractivity contribution < 1.29 is 9.53 Å². The third-order valence-corrected chi connectivity index (χ3v) is 3.88. The van der Waals surface area contributed by atoms with Crippen LogP contribution in [-0.2, 0) is 4.79 Å². The minimum absolute atomic E-state index is 0.243. The molecule has 1 amide bonds. The average molecular weight is 290 g/mol. The number of nitrogens with zero attached hydrogens (tertiary/aromatic N) is 2. The van der Waals surface area contributed by atoms with Crippen molar-refractivity contribution in [3.8, 4) is 5.75 Å². The van der Waals surface area contributed by atoms with Crippen molar-refractivity contribution in [1.82, 2.24) is 9.80 Å². The maximum atomic E-state index is 12.1. The van der Waals surface area contributed by atoms with Gasteiger partial charge in [0.1, 0.15) is 12.4 Å². The van der Waals surface area contributed by atoms with Crippen LogP contribution in [0.5, 0.6) is 5.75 Å². The molecule has 21 heavy (non-hydrogen) atoms. The van der Waals surface area contributed by atoms with Gasteiger partial charge in [-0.1, -0.05) is 17.7 Å². The highest BCUT2D eigenvalue weighted by Crippen LogP contribution is 2.11. The molecule has 1 aromatic carbocycles. The molecule has 116 valence electrons. The van der Waals surface area contributed by atoms with Crippen LogP contribution in [0.25, 0.3) is 0 Å².